The van der Waals surface area contributed by atoms with Crippen LogP contribution in [-0.4, -0.2) is 28.8 Å². The molecule has 24 heavy (non-hydrogen) atoms. The maximum Gasteiger partial charge on any atom is 0.233 e. The number of carbonyl (C=O) groups is 1. The Hall–Kier alpha value is -2.65. The lowest BCUT2D eigenvalue weighted by atomic mass is 10.1. The predicted molar refractivity (Wildman–Crippen MR) is 92.9 cm³/mol. The van der Waals surface area contributed by atoms with Crippen LogP contribution >= 0.6 is 0 Å². The predicted octanol–water partition coefficient (Wildman–Crippen LogP) is 2.08. The molecule has 0 radical (unpaired) electrons. The molecule has 1 amide bonds. The van der Waals surface area contributed by atoms with Crippen LogP contribution in [0.15, 0.2) is 36.5 Å². The number of benzene rings is 1. The lowest BCUT2D eigenvalue weighted by molar-refractivity contribution is -0.120. The van der Waals surface area contributed by atoms with Crippen LogP contribution in [0.1, 0.15) is 25.3 Å². The third kappa shape index (κ3) is 5.21. The molecule has 0 atom stereocenters. The van der Waals surface area contributed by atoms with Gasteiger partial charge in [0.1, 0.15) is 0 Å². The molecular weight excluding hydrogens is 302 g/mol. The maximum absolute atomic E-state index is 11.7. The second-order valence-electron chi connectivity index (χ2n) is 5.49. The van der Waals surface area contributed by atoms with Crippen molar-refractivity contribution in [2.45, 2.75) is 32.9 Å². The number of amides is 1. The van der Waals surface area contributed by atoms with Crippen molar-refractivity contribution in [2.24, 2.45) is 0 Å². The first-order chi connectivity index (χ1) is 11.7. The number of nitrogens with zero attached hydrogens (tertiary/aromatic N) is 3. The normalized spacial score (nSPS) is 10.3. The minimum Gasteiger partial charge on any atom is -0.355 e. The van der Waals surface area contributed by atoms with Crippen molar-refractivity contribution >= 4 is 5.91 Å². The van der Waals surface area contributed by atoms with Gasteiger partial charge in [-0.3, -0.25) is 9.48 Å². The first-order valence-corrected chi connectivity index (χ1v) is 8.20. The van der Waals surface area contributed by atoms with Crippen molar-refractivity contribution in [2.75, 3.05) is 13.1 Å². The van der Waals surface area contributed by atoms with E-state index in [2.05, 4.69) is 21.8 Å². The number of aryl methyl sites for hydroxylation is 1. The van der Waals surface area contributed by atoms with Crippen molar-refractivity contribution in [3.05, 3.63) is 42.1 Å². The average Bonchev–Trinajstić information content (AvgIpc) is 3.02. The molecule has 0 bridgehead atoms. The number of rotatable bonds is 9. The molecule has 1 aromatic heterocycles. The van der Waals surface area contributed by atoms with Gasteiger partial charge in [0, 0.05) is 30.4 Å². The Morgan fingerprint density at radius 1 is 1.33 bits per heavy atom. The Labute approximate surface area is 142 Å². The maximum atomic E-state index is 11.7. The fraction of sp³-hybridized carbons (Fsp3) is 0.389. The second-order valence-corrected chi connectivity index (χ2v) is 5.49. The van der Waals surface area contributed by atoms with Gasteiger partial charge in [-0.2, -0.15) is 10.4 Å². The van der Waals surface area contributed by atoms with Crippen LogP contribution in [0, 0.1) is 11.3 Å². The van der Waals surface area contributed by atoms with Crippen LogP contribution < -0.4 is 10.6 Å². The van der Waals surface area contributed by atoms with Crippen LogP contribution in [-0.2, 0) is 17.9 Å². The van der Waals surface area contributed by atoms with Gasteiger partial charge in [-0.05, 0) is 6.42 Å². The smallest absolute Gasteiger partial charge is 0.233 e. The zero-order valence-electron chi connectivity index (χ0n) is 14.0. The quantitative estimate of drug-likeness (QED) is 0.739. The van der Waals surface area contributed by atoms with Gasteiger partial charge in [0.15, 0.2) is 0 Å². The van der Waals surface area contributed by atoms with Gasteiger partial charge >= 0.3 is 0 Å². The Bertz CT molecular complexity index is 687. The van der Waals surface area contributed by atoms with Crippen molar-refractivity contribution in [3.63, 3.8) is 0 Å². The molecule has 0 saturated heterocycles. The molecule has 0 fully saturated rings. The van der Waals surface area contributed by atoms with E-state index in [0.29, 0.717) is 26.1 Å². The summed E-state index contributed by atoms with van der Waals surface area (Å²) >= 11 is 0. The topological polar surface area (TPSA) is 82.7 Å². The van der Waals surface area contributed by atoms with E-state index in [1.807, 2.05) is 43.5 Å². The molecule has 2 N–H and O–H groups in total. The van der Waals surface area contributed by atoms with Crippen LogP contribution in [0.4, 0.5) is 0 Å². The van der Waals surface area contributed by atoms with Gasteiger partial charge in [0.05, 0.1) is 31.3 Å². The molecule has 0 aliphatic carbocycles. The van der Waals surface area contributed by atoms with Gasteiger partial charge in [-0.15, -0.1) is 0 Å². The molecule has 0 spiro atoms. The molecule has 6 heteroatoms. The summed E-state index contributed by atoms with van der Waals surface area (Å²) in [4.78, 5) is 11.7. The molecule has 1 aromatic carbocycles. The van der Waals surface area contributed by atoms with Crippen molar-refractivity contribution in [1.82, 2.24) is 20.4 Å². The van der Waals surface area contributed by atoms with Crippen LogP contribution in [0.3, 0.4) is 0 Å². The van der Waals surface area contributed by atoms with Crippen molar-refractivity contribution < 1.29 is 4.79 Å². The van der Waals surface area contributed by atoms with Crippen LogP contribution in [0.5, 0.6) is 0 Å². The minimum absolute atomic E-state index is 0.00464. The summed E-state index contributed by atoms with van der Waals surface area (Å²) in [5.41, 5.74) is 2.93. The van der Waals surface area contributed by atoms with Gasteiger partial charge < -0.3 is 10.6 Å². The highest BCUT2D eigenvalue weighted by Crippen LogP contribution is 2.21. The minimum atomic E-state index is -0.00464. The lowest BCUT2D eigenvalue weighted by Gasteiger charge is -2.06. The van der Waals surface area contributed by atoms with E-state index < -0.39 is 0 Å². The van der Waals surface area contributed by atoms with Gasteiger partial charge in [0.2, 0.25) is 5.91 Å². The zero-order valence-corrected chi connectivity index (χ0v) is 14.0. The number of carbonyl (C=O) groups excluding carboxylic acids is 1. The van der Waals surface area contributed by atoms with E-state index in [-0.39, 0.29) is 12.5 Å². The fourth-order valence-electron chi connectivity index (χ4n) is 2.35. The summed E-state index contributed by atoms with van der Waals surface area (Å²) in [7, 11) is 0. The van der Waals surface area contributed by atoms with Gasteiger partial charge in [0.25, 0.3) is 0 Å². The Kier molecular flexibility index (Phi) is 6.99. The van der Waals surface area contributed by atoms with E-state index in [1.165, 1.54) is 0 Å². The molecule has 1 heterocycles. The van der Waals surface area contributed by atoms with Gasteiger partial charge in [-0.25, -0.2) is 0 Å². The molecule has 0 saturated carbocycles. The first kappa shape index (κ1) is 17.7. The average molecular weight is 325 g/mol. The number of nitriles is 1. The standard InChI is InChI=1S/C18H23N5O/c1-2-10-21-17(24)13-20-12-16-14-23(11-6-9-19)22-18(16)15-7-4-3-5-8-15/h3-5,7-8,14,20H,2,6,10-13H2,1H3,(H,21,24). The Morgan fingerprint density at radius 3 is 2.83 bits per heavy atom. The number of aromatic nitrogens is 2. The molecule has 0 unspecified atom stereocenters. The summed E-state index contributed by atoms with van der Waals surface area (Å²) < 4.78 is 1.79. The highest BCUT2D eigenvalue weighted by atomic mass is 16.1. The highest BCUT2D eigenvalue weighted by Gasteiger charge is 2.11. The summed E-state index contributed by atoms with van der Waals surface area (Å²) in [6, 6.07) is 12.1. The molecular formula is C18H23N5O. The third-order valence-electron chi connectivity index (χ3n) is 3.51. The zero-order chi connectivity index (χ0) is 17.2. The highest BCUT2D eigenvalue weighted by molar-refractivity contribution is 5.78. The summed E-state index contributed by atoms with van der Waals surface area (Å²) in [5.74, 6) is -0.00464. The molecule has 2 aromatic rings. The molecule has 0 aliphatic heterocycles. The molecule has 0 aliphatic rings. The van der Waals surface area contributed by atoms with E-state index in [4.69, 9.17) is 5.26 Å². The summed E-state index contributed by atoms with van der Waals surface area (Å²) in [5, 5.41) is 19.3. The summed E-state index contributed by atoms with van der Waals surface area (Å²) in [6.45, 7) is 4.11. The Morgan fingerprint density at radius 2 is 2.12 bits per heavy atom. The van der Waals surface area contributed by atoms with Crippen LogP contribution in [0.25, 0.3) is 11.3 Å². The number of hydrogen-bond acceptors (Lipinski definition) is 4. The second kappa shape index (κ2) is 9.48. The van der Waals surface area contributed by atoms with E-state index in [0.717, 1.165) is 23.2 Å². The van der Waals surface area contributed by atoms with E-state index >= 15 is 0 Å². The molecule has 2 rings (SSSR count). The third-order valence-corrected chi connectivity index (χ3v) is 3.51. The summed E-state index contributed by atoms with van der Waals surface area (Å²) in [6.07, 6.45) is 3.29. The number of hydrogen-bond donors (Lipinski definition) is 2. The van der Waals surface area contributed by atoms with Crippen molar-refractivity contribution in [1.29, 1.82) is 5.26 Å². The van der Waals surface area contributed by atoms with Crippen LogP contribution in [0.2, 0.25) is 0 Å². The SMILES string of the molecule is CCCNC(=O)CNCc1cn(CCC#N)nc1-c1ccccc1. The van der Waals surface area contributed by atoms with E-state index in [9.17, 15) is 4.79 Å². The molecule has 126 valence electrons. The van der Waals surface area contributed by atoms with Gasteiger partial charge in [-0.1, -0.05) is 37.3 Å². The first-order valence-electron chi connectivity index (χ1n) is 8.20. The monoisotopic (exact) mass is 325 g/mol. The lowest BCUT2D eigenvalue weighted by Crippen LogP contribution is -2.33. The fourth-order valence-corrected chi connectivity index (χ4v) is 2.35. The largest absolute Gasteiger partial charge is 0.355 e. The van der Waals surface area contributed by atoms with Crippen molar-refractivity contribution in [3.8, 4) is 17.3 Å². The Balaban J connectivity index is 2.05. The van der Waals surface area contributed by atoms with E-state index in [1.54, 1.807) is 4.68 Å². The molecule has 6 nitrogen and oxygen atoms in total. The number of nitrogens with one attached hydrogen (secondary N) is 2.